The first kappa shape index (κ1) is 15.0. The number of benzene rings is 1. The summed E-state index contributed by atoms with van der Waals surface area (Å²) in [4.78, 5) is 11.6. The summed E-state index contributed by atoms with van der Waals surface area (Å²) in [6.45, 7) is 5.31. The maximum Gasteiger partial charge on any atom is 0.331 e. The summed E-state index contributed by atoms with van der Waals surface area (Å²) in [5.41, 5.74) is 0.497. The Kier molecular flexibility index (Phi) is 3.93. The van der Waals surface area contributed by atoms with Crippen molar-refractivity contribution in [2.45, 2.75) is 32.7 Å². The van der Waals surface area contributed by atoms with Gasteiger partial charge in [0.05, 0.1) is 7.11 Å². The Morgan fingerprint density at radius 1 is 1.48 bits per heavy atom. The SMILES string of the molecule is CCC(C)(C(=O)O)n1nnnc1-c1ccc(C)c(OC)c1. The number of aliphatic carboxylic acids is 1. The summed E-state index contributed by atoms with van der Waals surface area (Å²) >= 11 is 0. The van der Waals surface area contributed by atoms with Crippen LogP contribution < -0.4 is 4.74 Å². The predicted octanol–water partition coefficient (Wildman–Crippen LogP) is 1.87. The van der Waals surface area contributed by atoms with Gasteiger partial charge >= 0.3 is 5.97 Å². The first-order valence-electron chi connectivity index (χ1n) is 6.61. The van der Waals surface area contributed by atoms with Crippen molar-refractivity contribution < 1.29 is 14.6 Å². The molecule has 0 saturated heterocycles. The van der Waals surface area contributed by atoms with Gasteiger partial charge in [-0.25, -0.2) is 9.48 Å². The molecule has 0 amide bonds. The third-order valence-electron chi connectivity index (χ3n) is 3.75. The van der Waals surface area contributed by atoms with E-state index in [1.165, 1.54) is 4.68 Å². The van der Waals surface area contributed by atoms with Crippen molar-refractivity contribution >= 4 is 5.97 Å². The zero-order chi connectivity index (χ0) is 15.6. The molecule has 0 bridgehead atoms. The van der Waals surface area contributed by atoms with Crippen LogP contribution in [0.3, 0.4) is 0 Å². The van der Waals surface area contributed by atoms with Crippen LogP contribution in [0.5, 0.6) is 5.75 Å². The Morgan fingerprint density at radius 3 is 2.76 bits per heavy atom. The number of nitrogens with zero attached hydrogens (tertiary/aromatic N) is 4. The molecule has 0 saturated carbocycles. The molecule has 0 radical (unpaired) electrons. The highest BCUT2D eigenvalue weighted by Gasteiger charge is 2.37. The van der Waals surface area contributed by atoms with Crippen LogP contribution in [0.2, 0.25) is 0 Å². The van der Waals surface area contributed by atoms with E-state index in [1.807, 2.05) is 19.1 Å². The number of carbonyl (C=O) groups is 1. The van der Waals surface area contributed by atoms with Crippen LogP contribution in [-0.2, 0) is 10.3 Å². The summed E-state index contributed by atoms with van der Waals surface area (Å²) in [5, 5.41) is 21.0. The maximum atomic E-state index is 11.6. The van der Waals surface area contributed by atoms with Gasteiger partial charge in [-0.3, -0.25) is 0 Å². The van der Waals surface area contributed by atoms with E-state index in [0.717, 1.165) is 5.56 Å². The van der Waals surface area contributed by atoms with E-state index in [9.17, 15) is 9.90 Å². The number of hydrogen-bond donors (Lipinski definition) is 1. The van der Waals surface area contributed by atoms with Crippen LogP contribution in [0.25, 0.3) is 11.4 Å². The topological polar surface area (TPSA) is 90.1 Å². The standard InChI is InChI=1S/C14H18N4O3/c1-5-14(3,13(19)20)18-12(15-16-17-18)10-7-6-9(2)11(8-10)21-4/h6-8H,5H2,1-4H3,(H,19,20). The van der Waals surface area contributed by atoms with E-state index in [2.05, 4.69) is 15.5 Å². The highest BCUT2D eigenvalue weighted by molar-refractivity contribution is 5.77. The van der Waals surface area contributed by atoms with Crippen molar-refractivity contribution in [3.63, 3.8) is 0 Å². The fourth-order valence-electron chi connectivity index (χ4n) is 2.05. The zero-order valence-corrected chi connectivity index (χ0v) is 12.5. The van der Waals surface area contributed by atoms with Crippen molar-refractivity contribution in [1.82, 2.24) is 20.2 Å². The second kappa shape index (κ2) is 5.51. The molecule has 1 unspecified atom stereocenters. The van der Waals surface area contributed by atoms with Gasteiger partial charge in [0.2, 0.25) is 0 Å². The lowest BCUT2D eigenvalue weighted by molar-refractivity contribution is -0.147. The maximum absolute atomic E-state index is 11.6. The van der Waals surface area contributed by atoms with Crippen LogP contribution in [-0.4, -0.2) is 38.4 Å². The first-order chi connectivity index (χ1) is 9.93. The molecule has 7 heteroatoms. The van der Waals surface area contributed by atoms with Gasteiger partial charge in [-0.05, 0) is 42.3 Å². The Balaban J connectivity index is 2.58. The van der Waals surface area contributed by atoms with E-state index in [1.54, 1.807) is 27.0 Å². The molecule has 0 fully saturated rings. The van der Waals surface area contributed by atoms with E-state index in [4.69, 9.17) is 4.74 Å². The Morgan fingerprint density at radius 2 is 2.19 bits per heavy atom. The third-order valence-corrected chi connectivity index (χ3v) is 3.75. The molecular weight excluding hydrogens is 272 g/mol. The fourth-order valence-corrected chi connectivity index (χ4v) is 2.05. The minimum absolute atomic E-state index is 0.364. The number of ether oxygens (including phenoxy) is 1. The van der Waals surface area contributed by atoms with Gasteiger partial charge in [0, 0.05) is 5.56 Å². The van der Waals surface area contributed by atoms with E-state index < -0.39 is 11.5 Å². The van der Waals surface area contributed by atoms with Crippen molar-refractivity contribution in [2.75, 3.05) is 7.11 Å². The number of aromatic nitrogens is 4. The lowest BCUT2D eigenvalue weighted by Crippen LogP contribution is -2.39. The van der Waals surface area contributed by atoms with Crippen LogP contribution in [0.15, 0.2) is 18.2 Å². The van der Waals surface area contributed by atoms with Crippen LogP contribution in [0, 0.1) is 6.92 Å². The number of carboxylic acids is 1. The number of tetrazole rings is 1. The average Bonchev–Trinajstić information content (AvgIpc) is 2.96. The van der Waals surface area contributed by atoms with Gasteiger partial charge < -0.3 is 9.84 Å². The number of aryl methyl sites for hydroxylation is 1. The lowest BCUT2D eigenvalue weighted by atomic mass is 9.99. The van der Waals surface area contributed by atoms with Crippen LogP contribution in [0.1, 0.15) is 25.8 Å². The minimum atomic E-state index is -1.20. The summed E-state index contributed by atoms with van der Waals surface area (Å²) in [5.74, 6) is 0.133. The molecule has 1 aromatic heterocycles. The van der Waals surface area contributed by atoms with Gasteiger partial charge in [0.1, 0.15) is 5.75 Å². The Hall–Kier alpha value is -2.44. The molecule has 0 aliphatic rings. The first-order valence-corrected chi connectivity index (χ1v) is 6.61. The van der Waals surface area contributed by atoms with Crippen molar-refractivity contribution in [2.24, 2.45) is 0 Å². The largest absolute Gasteiger partial charge is 0.496 e. The van der Waals surface area contributed by atoms with Crippen LogP contribution in [0.4, 0.5) is 0 Å². The minimum Gasteiger partial charge on any atom is -0.496 e. The fraction of sp³-hybridized carbons (Fsp3) is 0.429. The monoisotopic (exact) mass is 290 g/mol. The molecular formula is C14H18N4O3. The van der Waals surface area contributed by atoms with Gasteiger partial charge in [0.15, 0.2) is 11.4 Å². The van der Waals surface area contributed by atoms with Gasteiger partial charge in [-0.1, -0.05) is 19.1 Å². The third kappa shape index (κ3) is 2.46. The summed E-state index contributed by atoms with van der Waals surface area (Å²) in [6, 6.07) is 5.53. The van der Waals surface area contributed by atoms with E-state index in [-0.39, 0.29) is 0 Å². The zero-order valence-electron chi connectivity index (χ0n) is 12.5. The smallest absolute Gasteiger partial charge is 0.331 e. The van der Waals surface area contributed by atoms with E-state index in [0.29, 0.717) is 23.6 Å². The van der Waals surface area contributed by atoms with Gasteiger partial charge in [-0.15, -0.1) is 5.10 Å². The van der Waals surface area contributed by atoms with Crippen molar-refractivity contribution in [3.05, 3.63) is 23.8 Å². The number of hydrogen-bond acceptors (Lipinski definition) is 5. The molecule has 0 aliphatic carbocycles. The molecule has 1 aromatic carbocycles. The predicted molar refractivity (Wildman–Crippen MR) is 76.1 cm³/mol. The molecule has 112 valence electrons. The van der Waals surface area contributed by atoms with Gasteiger partial charge in [-0.2, -0.15) is 0 Å². The molecule has 2 rings (SSSR count). The van der Waals surface area contributed by atoms with Crippen molar-refractivity contribution in [1.29, 1.82) is 0 Å². The molecule has 7 nitrogen and oxygen atoms in total. The van der Waals surface area contributed by atoms with Gasteiger partial charge in [0.25, 0.3) is 0 Å². The number of carboxylic acid groups (broad SMARTS) is 1. The quantitative estimate of drug-likeness (QED) is 0.904. The highest BCUT2D eigenvalue weighted by Crippen LogP contribution is 2.29. The molecule has 0 aliphatic heterocycles. The molecule has 2 aromatic rings. The number of rotatable bonds is 5. The highest BCUT2D eigenvalue weighted by atomic mass is 16.5. The Labute approximate surface area is 122 Å². The second-order valence-electron chi connectivity index (χ2n) is 5.03. The molecule has 1 heterocycles. The molecule has 1 N–H and O–H groups in total. The molecule has 1 atom stereocenters. The molecule has 0 spiro atoms. The lowest BCUT2D eigenvalue weighted by Gasteiger charge is -2.24. The molecule has 21 heavy (non-hydrogen) atoms. The summed E-state index contributed by atoms with van der Waals surface area (Å²) in [6.07, 6.45) is 0.364. The summed E-state index contributed by atoms with van der Waals surface area (Å²) in [7, 11) is 1.59. The average molecular weight is 290 g/mol. The number of methoxy groups -OCH3 is 1. The normalized spacial score (nSPS) is 13.7. The second-order valence-corrected chi connectivity index (χ2v) is 5.03. The summed E-state index contributed by atoms with van der Waals surface area (Å²) < 4.78 is 6.64. The van der Waals surface area contributed by atoms with E-state index >= 15 is 0 Å². The van der Waals surface area contributed by atoms with Crippen molar-refractivity contribution in [3.8, 4) is 17.1 Å². The Bertz CT molecular complexity index is 668. The van der Waals surface area contributed by atoms with Crippen LogP contribution >= 0.6 is 0 Å².